The summed E-state index contributed by atoms with van der Waals surface area (Å²) in [5.74, 6) is 0.107. The summed E-state index contributed by atoms with van der Waals surface area (Å²) < 4.78 is 10.3. The van der Waals surface area contributed by atoms with Gasteiger partial charge in [0.1, 0.15) is 5.75 Å². The molecule has 1 aromatic carbocycles. The zero-order chi connectivity index (χ0) is 20.1. The molecule has 152 valence electrons. The van der Waals surface area contributed by atoms with Crippen molar-refractivity contribution in [3.05, 3.63) is 24.3 Å². The fourth-order valence-corrected chi connectivity index (χ4v) is 3.71. The Morgan fingerprint density at radius 2 is 2.11 bits per heavy atom. The van der Waals surface area contributed by atoms with Crippen LogP contribution in [0, 0.1) is 5.92 Å². The summed E-state index contributed by atoms with van der Waals surface area (Å²) >= 11 is 0. The van der Waals surface area contributed by atoms with Gasteiger partial charge in [-0.2, -0.15) is 0 Å². The van der Waals surface area contributed by atoms with E-state index in [1.165, 1.54) is 0 Å². The number of nitrogens with zero attached hydrogens (tertiary/aromatic N) is 2. The number of benzene rings is 1. The van der Waals surface area contributed by atoms with Crippen molar-refractivity contribution in [2.75, 3.05) is 38.3 Å². The molecule has 2 heterocycles. The van der Waals surface area contributed by atoms with Crippen molar-refractivity contribution in [1.29, 1.82) is 0 Å². The van der Waals surface area contributed by atoms with E-state index in [0.717, 1.165) is 18.5 Å². The average molecular weight is 389 g/mol. The lowest BCUT2D eigenvalue weighted by Gasteiger charge is -2.32. The lowest BCUT2D eigenvalue weighted by molar-refractivity contribution is -0.149. The normalized spacial score (nSPS) is 22.1. The highest BCUT2D eigenvalue weighted by Gasteiger charge is 2.34. The number of hydrogen-bond donors (Lipinski definition) is 1. The van der Waals surface area contributed by atoms with Crippen molar-refractivity contribution in [2.24, 2.45) is 5.92 Å². The molecule has 2 aliphatic heterocycles. The second-order valence-corrected chi connectivity index (χ2v) is 7.09. The molecule has 2 fully saturated rings. The van der Waals surface area contributed by atoms with Crippen LogP contribution in [-0.4, -0.2) is 62.2 Å². The Hall–Kier alpha value is -2.77. The summed E-state index contributed by atoms with van der Waals surface area (Å²) in [6.45, 7) is 3.47. The third kappa shape index (κ3) is 4.55. The van der Waals surface area contributed by atoms with Crippen LogP contribution in [-0.2, 0) is 14.3 Å². The molecule has 2 aliphatic rings. The summed E-state index contributed by atoms with van der Waals surface area (Å²) in [6.07, 6.45) is 1.74. The largest absolute Gasteiger partial charge is 0.497 e. The minimum absolute atomic E-state index is 0.0402. The van der Waals surface area contributed by atoms with Gasteiger partial charge in [-0.15, -0.1) is 0 Å². The standard InChI is InChI=1S/C20H27N3O5/c1-3-28-19(25)14-6-5-9-22(12-14)20(26)21-15-10-18(24)23(13-15)16-7-4-8-17(11-16)27-2/h4,7-8,11,14-15H,3,5-6,9-10,12-13H2,1-2H3,(H,21,26). The molecule has 2 unspecified atom stereocenters. The second-order valence-electron chi connectivity index (χ2n) is 7.09. The van der Waals surface area contributed by atoms with Gasteiger partial charge in [-0.05, 0) is 31.9 Å². The summed E-state index contributed by atoms with van der Waals surface area (Å²) in [7, 11) is 1.58. The van der Waals surface area contributed by atoms with Gasteiger partial charge in [-0.1, -0.05) is 6.07 Å². The number of carbonyl (C=O) groups is 3. The first-order chi connectivity index (χ1) is 13.5. The van der Waals surface area contributed by atoms with E-state index >= 15 is 0 Å². The molecule has 0 aliphatic carbocycles. The van der Waals surface area contributed by atoms with Gasteiger partial charge in [0, 0.05) is 37.8 Å². The average Bonchev–Trinajstić information content (AvgIpc) is 3.08. The Morgan fingerprint density at radius 3 is 2.86 bits per heavy atom. The van der Waals surface area contributed by atoms with E-state index in [9.17, 15) is 14.4 Å². The van der Waals surface area contributed by atoms with E-state index in [4.69, 9.17) is 9.47 Å². The van der Waals surface area contributed by atoms with Crippen molar-refractivity contribution in [2.45, 2.75) is 32.2 Å². The van der Waals surface area contributed by atoms with E-state index in [1.54, 1.807) is 29.9 Å². The lowest BCUT2D eigenvalue weighted by Crippen LogP contribution is -2.50. The van der Waals surface area contributed by atoms with Gasteiger partial charge in [0.05, 0.1) is 25.7 Å². The number of methoxy groups -OCH3 is 1. The molecule has 3 rings (SSSR count). The van der Waals surface area contributed by atoms with Crippen molar-refractivity contribution >= 4 is 23.6 Å². The predicted molar refractivity (Wildman–Crippen MR) is 103 cm³/mol. The number of ether oxygens (including phenoxy) is 2. The van der Waals surface area contributed by atoms with Crippen molar-refractivity contribution < 1.29 is 23.9 Å². The first kappa shape index (κ1) is 20.0. The van der Waals surface area contributed by atoms with E-state index in [1.807, 2.05) is 18.2 Å². The van der Waals surface area contributed by atoms with Gasteiger partial charge in [0.25, 0.3) is 0 Å². The highest BCUT2D eigenvalue weighted by Crippen LogP contribution is 2.26. The molecule has 3 amide bonds. The Morgan fingerprint density at radius 1 is 1.29 bits per heavy atom. The van der Waals surface area contributed by atoms with Gasteiger partial charge in [-0.25, -0.2) is 4.79 Å². The fraction of sp³-hybridized carbons (Fsp3) is 0.550. The number of anilines is 1. The zero-order valence-corrected chi connectivity index (χ0v) is 16.3. The number of nitrogens with one attached hydrogen (secondary N) is 1. The van der Waals surface area contributed by atoms with E-state index in [0.29, 0.717) is 32.0 Å². The predicted octanol–water partition coefficient (Wildman–Crippen LogP) is 1.79. The van der Waals surface area contributed by atoms with Crippen LogP contribution in [0.5, 0.6) is 5.75 Å². The van der Waals surface area contributed by atoms with Crippen LogP contribution in [0.15, 0.2) is 24.3 Å². The van der Waals surface area contributed by atoms with Crippen LogP contribution < -0.4 is 15.0 Å². The molecule has 0 radical (unpaired) electrons. The quantitative estimate of drug-likeness (QED) is 0.776. The first-order valence-corrected chi connectivity index (χ1v) is 9.68. The van der Waals surface area contributed by atoms with E-state index < -0.39 is 0 Å². The molecule has 1 N–H and O–H groups in total. The minimum atomic E-state index is -0.280. The molecule has 0 spiro atoms. The number of carbonyl (C=O) groups excluding carboxylic acids is 3. The van der Waals surface area contributed by atoms with Crippen LogP contribution in [0.3, 0.4) is 0 Å². The third-order valence-electron chi connectivity index (χ3n) is 5.15. The molecule has 8 nitrogen and oxygen atoms in total. The van der Waals surface area contributed by atoms with Gasteiger partial charge >= 0.3 is 12.0 Å². The molecule has 28 heavy (non-hydrogen) atoms. The maximum Gasteiger partial charge on any atom is 0.317 e. The molecular weight excluding hydrogens is 362 g/mol. The summed E-state index contributed by atoms with van der Waals surface area (Å²) in [4.78, 5) is 40.3. The second kappa shape index (κ2) is 8.95. The number of piperidine rings is 1. The van der Waals surface area contributed by atoms with E-state index in [2.05, 4.69) is 5.32 Å². The van der Waals surface area contributed by atoms with Crippen molar-refractivity contribution in [3.63, 3.8) is 0 Å². The highest BCUT2D eigenvalue weighted by molar-refractivity contribution is 5.97. The molecule has 1 aromatic rings. The molecule has 0 bridgehead atoms. The topological polar surface area (TPSA) is 88.2 Å². The van der Waals surface area contributed by atoms with Crippen LogP contribution in [0.2, 0.25) is 0 Å². The van der Waals surface area contributed by atoms with Gasteiger partial charge in [0.15, 0.2) is 0 Å². The zero-order valence-electron chi connectivity index (χ0n) is 16.3. The minimum Gasteiger partial charge on any atom is -0.497 e. The first-order valence-electron chi connectivity index (χ1n) is 9.68. The highest BCUT2D eigenvalue weighted by atomic mass is 16.5. The van der Waals surface area contributed by atoms with Crippen molar-refractivity contribution in [3.8, 4) is 5.75 Å². The SMILES string of the molecule is CCOC(=O)C1CCCN(C(=O)NC2CC(=O)N(c3cccc(OC)c3)C2)C1. The Kier molecular flexibility index (Phi) is 6.38. The Bertz CT molecular complexity index is 738. The number of hydrogen-bond acceptors (Lipinski definition) is 5. The number of amides is 3. The fourth-order valence-electron chi connectivity index (χ4n) is 3.71. The van der Waals surface area contributed by atoms with Crippen LogP contribution >= 0.6 is 0 Å². The third-order valence-corrected chi connectivity index (χ3v) is 5.15. The Labute approximate surface area is 164 Å². The summed E-state index contributed by atoms with van der Waals surface area (Å²) in [6, 6.07) is 6.79. The van der Waals surface area contributed by atoms with Crippen LogP contribution in [0.1, 0.15) is 26.2 Å². The lowest BCUT2D eigenvalue weighted by atomic mass is 9.98. The molecule has 0 aromatic heterocycles. The van der Waals surface area contributed by atoms with Crippen molar-refractivity contribution in [1.82, 2.24) is 10.2 Å². The van der Waals surface area contributed by atoms with Gasteiger partial charge < -0.3 is 24.6 Å². The Balaban J connectivity index is 1.57. The van der Waals surface area contributed by atoms with Crippen LogP contribution in [0.25, 0.3) is 0 Å². The maximum absolute atomic E-state index is 12.6. The molecule has 8 heteroatoms. The summed E-state index contributed by atoms with van der Waals surface area (Å²) in [5.41, 5.74) is 0.751. The number of esters is 1. The maximum atomic E-state index is 12.6. The van der Waals surface area contributed by atoms with Gasteiger partial charge in [0.2, 0.25) is 5.91 Å². The molecular formula is C20H27N3O5. The number of urea groups is 1. The number of likely N-dealkylation sites (tertiary alicyclic amines) is 1. The van der Waals surface area contributed by atoms with Crippen LogP contribution in [0.4, 0.5) is 10.5 Å². The molecule has 2 saturated heterocycles. The van der Waals surface area contributed by atoms with Gasteiger partial charge in [-0.3, -0.25) is 9.59 Å². The molecule has 2 atom stereocenters. The molecule has 0 saturated carbocycles. The summed E-state index contributed by atoms with van der Waals surface area (Å²) in [5, 5.41) is 2.94. The van der Waals surface area contributed by atoms with E-state index in [-0.39, 0.29) is 36.3 Å². The number of rotatable bonds is 5. The smallest absolute Gasteiger partial charge is 0.317 e. The monoisotopic (exact) mass is 389 g/mol.